The van der Waals surface area contributed by atoms with E-state index in [9.17, 15) is 4.21 Å². The number of rotatable bonds is 14. The molecule has 0 radical (unpaired) electrons. The summed E-state index contributed by atoms with van der Waals surface area (Å²) in [5, 5.41) is 0. The Balaban J connectivity index is 1.77. The van der Waals surface area contributed by atoms with Gasteiger partial charge in [0.2, 0.25) is 0 Å². The van der Waals surface area contributed by atoms with Gasteiger partial charge in [0.25, 0.3) is 0 Å². The zero-order valence-corrected chi connectivity index (χ0v) is 19.9. The summed E-state index contributed by atoms with van der Waals surface area (Å²) in [6.07, 6.45) is 7.00. The van der Waals surface area contributed by atoms with Crippen molar-refractivity contribution in [1.29, 1.82) is 0 Å². The van der Waals surface area contributed by atoms with Crippen LogP contribution in [-0.2, 0) is 10.8 Å². The lowest BCUT2D eigenvalue weighted by Crippen LogP contribution is -2.00. The first kappa shape index (κ1) is 24.5. The molecule has 4 heteroatoms. The maximum atomic E-state index is 12.8. The van der Waals surface area contributed by atoms with Crippen LogP contribution in [0.15, 0.2) is 58.3 Å². The van der Waals surface area contributed by atoms with E-state index in [1.807, 2.05) is 48.5 Å². The molecule has 0 saturated heterocycles. The largest absolute Gasteiger partial charge is 0.494 e. The molecule has 0 atom stereocenters. The van der Waals surface area contributed by atoms with Gasteiger partial charge in [0.1, 0.15) is 11.5 Å². The summed E-state index contributed by atoms with van der Waals surface area (Å²) in [5.74, 6) is 3.16. The number of hydrogen-bond acceptors (Lipinski definition) is 3. The van der Waals surface area contributed by atoms with Gasteiger partial charge < -0.3 is 9.47 Å². The summed E-state index contributed by atoms with van der Waals surface area (Å²) in [7, 11) is -1.20. The Morgan fingerprint density at radius 2 is 1.00 bits per heavy atom. The Labute approximate surface area is 185 Å². The molecule has 3 nitrogen and oxygen atoms in total. The van der Waals surface area contributed by atoms with E-state index in [4.69, 9.17) is 9.47 Å². The molecule has 0 aliphatic heterocycles. The van der Waals surface area contributed by atoms with Crippen LogP contribution in [0.2, 0.25) is 0 Å². The SMILES string of the molecule is CC(C)CCCCOc1ccc(S(=O)c2ccc(OCCCCC(C)C)cc2)cc1. The Hall–Kier alpha value is -1.81. The molecular formula is C26H38O3S. The van der Waals surface area contributed by atoms with Crippen LogP contribution in [0, 0.1) is 11.8 Å². The van der Waals surface area contributed by atoms with Crippen LogP contribution in [0.4, 0.5) is 0 Å². The highest BCUT2D eigenvalue weighted by molar-refractivity contribution is 7.85. The van der Waals surface area contributed by atoms with Gasteiger partial charge in [-0.15, -0.1) is 0 Å². The third-order valence-corrected chi connectivity index (χ3v) is 6.37. The van der Waals surface area contributed by atoms with Gasteiger partial charge in [0.05, 0.1) is 24.0 Å². The van der Waals surface area contributed by atoms with Crippen molar-refractivity contribution in [3.05, 3.63) is 48.5 Å². The van der Waals surface area contributed by atoms with Gasteiger partial charge in [0, 0.05) is 9.79 Å². The lowest BCUT2D eigenvalue weighted by molar-refractivity contribution is 0.301. The molecule has 166 valence electrons. The quantitative estimate of drug-likeness (QED) is 0.296. The summed E-state index contributed by atoms with van der Waals surface area (Å²) < 4.78 is 24.4. The van der Waals surface area contributed by atoms with Gasteiger partial charge >= 0.3 is 0 Å². The second kappa shape index (κ2) is 13.5. The van der Waals surface area contributed by atoms with Crippen molar-refractivity contribution in [2.75, 3.05) is 13.2 Å². The highest BCUT2D eigenvalue weighted by atomic mass is 32.2. The van der Waals surface area contributed by atoms with Gasteiger partial charge in [-0.3, -0.25) is 0 Å². The normalized spacial score (nSPS) is 11.4. The van der Waals surface area contributed by atoms with Crippen LogP contribution in [0.5, 0.6) is 11.5 Å². The van der Waals surface area contributed by atoms with E-state index >= 15 is 0 Å². The fourth-order valence-electron chi connectivity index (χ4n) is 3.14. The first-order valence-corrected chi connectivity index (χ1v) is 12.5. The van der Waals surface area contributed by atoms with Crippen molar-refractivity contribution in [2.45, 2.75) is 76.0 Å². The van der Waals surface area contributed by atoms with Crippen molar-refractivity contribution in [3.63, 3.8) is 0 Å². The number of ether oxygens (including phenoxy) is 2. The molecule has 0 aromatic heterocycles. The molecule has 0 aliphatic carbocycles. The second-order valence-electron chi connectivity index (χ2n) is 8.69. The van der Waals surface area contributed by atoms with Crippen LogP contribution in [0.1, 0.15) is 66.2 Å². The lowest BCUT2D eigenvalue weighted by atomic mass is 10.1. The summed E-state index contributed by atoms with van der Waals surface area (Å²) >= 11 is 0. The minimum atomic E-state index is -1.20. The van der Waals surface area contributed by atoms with Crippen molar-refractivity contribution >= 4 is 10.8 Å². The summed E-state index contributed by atoms with van der Waals surface area (Å²) in [6.45, 7) is 10.4. The molecule has 0 aliphatic rings. The number of unbranched alkanes of at least 4 members (excludes halogenated alkanes) is 2. The third kappa shape index (κ3) is 9.34. The first-order chi connectivity index (χ1) is 14.5. The summed E-state index contributed by atoms with van der Waals surface area (Å²) in [6, 6.07) is 15.2. The minimum absolute atomic E-state index is 0.730. The second-order valence-corrected chi connectivity index (χ2v) is 10.2. The maximum Gasteiger partial charge on any atom is 0.119 e. The number of hydrogen-bond donors (Lipinski definition) is 0. The molecule has 2 aromatic rings. The zero-order valence-electron chi connectivity index (χ0n) is 19.1. The van der Waals surface area contributed by atoms with Gasteiger partial charge in [-0.2, -0.15) is 0 Å². The van der Waals surface area contributed by atoms with Crippen LogP contribution in [-0.4, -0.2) is 17.4 Å². The lowest BCUT2D eigenvalue weighted by Gasteiger charge is -2.09. The van der Waals surface area contributed by atoms with Crippen LogP contribution < -0.4 is 9.47 Å². The molecule has 0 bridgehead atoms. The molecule has 0 heterocycles. The smallest absolute Gasteiger partial charge is 0.119 e. The standard InChI is InChI=1S/C26H38O3S/c1-21(2)9-5-7-19-28-23-11-15-25(16-12-23)30(27)26-17-13-24(14-18-26)29-20-8-6-10-22(3)4/h11-18,21-22H,5-10,19-20H2,1-4H3. The van der Waals surface area contributed by atoms with Crippen LogP contribution in [0.25, 0.3) is 0 Å². The Morgan fingerprint density at radius 1 is 0.633 bits per heavy atom. The van der Waals surface area contributed by atoms with Crippen molar-refractivity contribution in [2.24, 2.45) is 11.8 Å². The molecule has 0 amide bonds. The molecule has 0 unspecified atom stereocenters. The fourth-order valence-corrected chi connectivity index (χ4v) is 4.18. The molecule has 0 spiro atoms. The van der Waals surface area contributed by atoms with Crippen LogP contribution in [0.3, 0.4) is 0 Å². The maximum absolute atomic E-state index is 12.8. The average Bonchev–Trinajstić information content (AvgIpc) is 2.73. The highest BCUT2D eigenvalue weighted by Crippen LogP contribution is 2.22. The number of benzene rings is 2. The molecule has 0 N–H and O–H groups in total. The Bertz CT molecular complexity index is 672. The van der Waals surface area contributed by atoms with Gasteiger partial charge in [-0.25, -0.2) is 4.21 Å². The average molecular weight is 431 g/mol. The van der Waals surface area contributed by atoms with Gasteiger partial charge in [-0.05, 0) is 86.1 Å². The van der Waals surface area contributed by atoms with E-state index in [2.05, 4.69) is 27.7 Å². The monoisotopic (exact) mass is 430 g/mol. The minimum Gasteiger partial charge on any atom is -0.494 e. The molecule has 0 saturated carbocycles. The van der Waals surface area contributed by atoms with Crippen molar-refractivity contribution in [1.82, 2.24) is 0 Å². The van der Waals surface area contributed by atoms with E-state index in [0.717, 1.165) is 59.2 Å². The molecule has 0 fully saturated rings. The third-order valence-electron chi connectivity index (χ3n) is 4.96. The molecule has 2 rings (SSSR count). The zero-order chi connectivity index (χ0) is 21.8. The topological polar surface area (TPSA) is 35.5 Å². The first-order valence-electron chi connectivity index (χ1n) is 11.3. The molecular weight excluding hydrogens is 392 g/mol. The predicted molar refractivity (Wildman–Crippen MR) is 126 cm³/mol. The van der Waals surface area contributed by atoms with Gasteiger partial charge in [-0.1, -0.05) is 40.5 Å². The summed E-state index contributed by atoms with van der Waals surface area (Å²) in [5.41, 5.74) is 0. The van der Waals surface area contributed by atoms with E-state index in [-0.39, 0.29) is 0 Å². The Morgan fingerprint density at radius 3 is 1.33 bits per heavy atom. The van der Waals surface area contributed by atoms with E-state index in [1.54, 1.807) is 0 Å². The highest BCUT2D eigenvalue weighted by Gasteiger charge is 2.08. The fraction of sp³-hybridized carbons (Fsp3) is 0.538. The molecule has 30 heavy (non-hydrogen) atoms. The van der Waals surface area contributed by atoms with Crippen molar-refractivity contribution in [3.8, 4) is 11.5 Å². The molecule has 2 aromatic carbocycles. The van der Waals surface area contributed by atoms with Gasteiger partial charge in [0.15, 0.2) is 0 Å². The van der Waals surface area contributed by atoms with Crippen molar-refractivity contribution < 1.29 is 13.7 Å². The van der Waals surface area contributed by atoms with Crippen LogP contribution >= 0.6 is 0 Å². The predicted octanol–water partition coefficient (Wildman–Crippen LogP) is 7.26. The Kier molecular flexibility index (Phi) is 11.0. The summed E-state index contributed by atoms with van der Waals surface area (Å²) in [4.78, 5) is 1.56. The van der Waals surface area contributed by atoms with E-state index in [0.29, 0.717) is 0 Å². The van der Waals surface area contributed by atoms with E-state index in [1.165, 1.54) is 25.7 Å². The van der Waals surface area contributed by atoms with E-state index < -0.39 is 10.8 Å².